The van der Waals surface area contributed by atoms with Gasteiger partial charge in [-0.3, -0.25) is 43.2 Å². The molecule has 5 N–H and O–H groups in total. The molecular weight excluding hydrogens is 1030 g/mol. The van der Waals surface area contributed by atoms with Crippen molar-refractivity contribution in [3.05, 3.63) is 29.8 Å². The second kappa shape index (κ2) is 30.1. The van der Waals surface area contributed by atoms with Gasteiger partial charge in [0, 0.05) is 39.5 Å². The summed E-state index contributed by atoms with van der Waals surface area (Å²) in [5.74, 6) is -10.2. The summed E-state index contributed by atoms with van der Waals surface area (Å²) in [5.41, 5.74) is 0.572. The van der Waals surface area contributed by atoms with E-state index in [4.69, 9.17) is 14.2 Å². The van der Waals surface area contributed by atoms with Crippen LogP contribution in [0.5, 0.6) is 5.75 Å². The molecule has 448 valence electrons. The molecule has 0 saturated carbocycles. The van der Waals surface area contributed by atoms with Crippen LogP contribution in [-0.2, 0) is 63.8 Å². The molecule has 0 bridgehead atoms. The van der Waals surface area contributed by atoms with E-state index in [-0.39, 0.29) is 57.0 Å². The number of carbonyl (C=O) groups excluding carboxylic acids is 10. The topological polar surface area (TPSA) is 288 Å². The van der Waals surface area contributed by atoms with Crippen LogP contribution in [0.4, 0.5) is 0 Å². The number of likely N-dealkylation sites (N-methyl/N-ethyl adjacent to an activating group) is 2. The summed E-state index contributed by atoms with van der Waals surface area (Å²) in [4.78, 5) is 149. The van der Waals surface area contributed by atoms with Gasteiger partial charge in [-0.1, -0.05) is 73.9 Å². The quantitative estimate of drug-likeness (QED) is 0.118. The van der Waals surface area contributed by atoms with Gasteiger partial charge >= 0.3 is 11.9 Å². The number of Topliss-reactive ketones (excluding diaryl/α,β-unsaturated/α-hetero) is 1. The minimum absolute atomic E-state index is 0.0723. The number of hydrogen-bond acceptors (Lipinski definition) is 15. The van der Waals surface area contributed by atoms with E-state index in [9.17, 15) is 53.4 Å². The van der Waals surface area contributed by atoms with Crippen LogP contribution < -0.4 is 20.7 Å². The zero-order chi connectivity index (χ0) is 60.0. The Balaban J connectivity index is 1.90. The minimum atomic E-state index is -1.76. The molecule has 14 atom stereocenters. The maximum atomic E-state index is 15.0. The maximum Gasteiger partial charge on any atom is 0.329 e. The lowest BCUT2D eigenvalue weighted by atomic mass is 9.90. The number of amides is 7. The molecule has 0 aromatic heterocycles. The first-order valence-corrected chi connectivity index (χ1v) is 28.6. The molecule has 1 unspecified atom stereocenters. The van der Waals surface area contributed by atoms with Crippen LogP contribution in [0.3, 0.4) is 0 Å². The van der Waals surface area contributed by atoms with Gasteiger partial charge in [0.15, 0.2) is 11.9 Å². The maximum absolute atomic E-state index is 15.0. The van der Waals surface area contributed by atoms with Gasteiger partial charge in [0.2, 0.25) is 35.4 Å². The van der Waals surface area contributed by atoms with Crippen LogP contribution in [-0.4, -0.2) is 190 Å². The molecule has 0 radical (unpaired) electrons. The standard InChI is InChI=1S/C58H91N7O15/c1-15-33(7)47-45(67)30-46(68)80-50(34(8)16-2)49(69)35(9)51(70)59-40(27-31(3)4)55(74)65-26-18-20-42(65)57(76)63(13)44(29-38-21-23-39(78-14)24-22-38)58(77)79-37(11)48(53(72)60-47)61-52(71)43(28-32(5)6)62(12)56(75)41-19-17-25-64(41)54(73)36(10)66/h21-24,31-37,40-45,47-48,50,66-67H,15-20,25-30H2,1-14H3,(H,59,70)(H,60,72)(H,61,71)/t33-,34?,35-,36-,37-,40+,41-,42-,43+,44-,45+,47+,48-,50-/m0/s1. The van der Waals surface area contributed by atoms with Crippen LogP contribution in [0.2, 0.25) is 0 Å². The van der Waals surface area contributed by atoms with Crippen molar-refractivity contribution in [2.45, 2.75) is 207 Å². The highest BCUT2D eigenvalue weighted by Crippen LogP contribution is 2.28. The molecule has 1 aromatic rings. The minimum Gasteiger partial charge on any atom is -0.497 e. The highest BCUT2D eigenvalue weighted by molar-refractivity contribution is 6.05. The summed E-state index contributed by atoms with van der Waals surface area (Å²) in [7, 11) is 4.30. The summed E-state index contributed by atoms with van der Waals surface area (Å²) in [5, 5.41) is 30.3. The first-order valence-electron chi connectivity index (χ1n) is 28.6. The lowest BCUT2D eigenvalue weighted by molar-refractivity contribution is -0.163. The van der Waals surface area contributed by atoms with E-state index in [0.717, 1.165) is 0 Å². The molecule has 4 rings (SSSR count). The van der Waals surface area contributed by atoms with Crippen molar-refractivity contribution in [3.63, 3.8) is 0 Å². The Bertz CT molecular complexity index is 2350. The highest BCUT2D eigenvalue weighted by Gasteiger charge is 2.46. The molecular formula is C58H91N7O15. The van der Waals surface area contributed by atoms with Gasteiger partial charge in [-0.15, -0.1) is 0 Å². The van der Waals surface area contributed by atoms with E-state index >= 15 is 4.79 Å². The van der Waals surface area contributed by atoms with E-state index in [1.54, 1.807) is 52.0 Å². The number of benzene rings is 1. The number of likely N-dealkylation sites (tertiary alicyclic amines) is 1. The summed E-state index contributed by atoms with van der Waals surface area (Å²) < 4.78 is 17.3. The predicted molar refractivity (Wildman–Crippen MR) is 295 cm³/mol. The van der Waals surface area contributed by atoms with Gasteiger partial charge in [0.25, 0.3) is 5.91 Å². The Morgan fingerprint density at radius 2 is 1.46 bits per heavy atom. The third kappa shape index (κ3) is 17.0. The second-order valence-electron chi connectivity index (χ2n) is 23.1. The number of methoxy groups -OCH3 is 1. The van der Waals surface area contributed by atoms with Crippen molar-refractivity contribution < 1.29 is 72.4 Å². The van der Waals surface area contributed by atoms with Crippen molar-refractivity contribution in [2.75, 3.05) is 34.3 Å². The Kier molecular flexibility index (Phi) is 24.9. The number of aliphatic hydroxyl groups excluding tert-OH is 2. The van der Waals surface area contributed by atoms with Crippen LogP contribution in [0, 0.1) is 29.6 Å². The Morgan fingerprint density at radius 3 is 2.04 bits per heavy atom. The monoisotopic (exact) mass is 1130 g/mol. The van der Waals surface area contributed by atoms with Crippen molar-refractivity contribution in [2.24, 2.45) is 29.6 Å². The van der Waals surface area contributed by atoms with Gasteiger partial charge in [-0.25, -0.2) is 4.79 Å². The number of nitrogens with zero attached hydrogens (tertiary/aromatic N) is 4. The zero-order valence-electron chi connectivity index (χ0n) is 49.5. The molecule has 0 spiro atoms. The molecule has 3 fully saturated rings. The molecule has 3 saturated heterocycles. The van der Waals surface area contributed by atoms with Crippen LogP contribution >= 0.6 is 0 Å². The molecule has 80 heavy (non-hydrogen) atoms. The molecule has 3 heterocycles. The normalized spacial score (nSPS) is 27.8. The van der Waals surface area contributed by atoms with Gasteiger partial charge in [-0.2, -0.15) is 0 Å². The number of ketones is 1. The van der Waals surface area contributed by atoms with E-state index < -0.39 is 150 Å². The first kappa shape index (κ1) is 66.4. The van der Waals surface area contributed by atoms with Gasteiger partial charge < -0.3 is 60.0 Å². The van der Waals surface area contributed by atoms with Crippen molar-refractivity contribution >= 4 is 59.1 Å². The third-order valence-electron chi connectivity index (χ3n) is 16.0. The average Bonchev–Trinajstić information content (AvgIpc) is 4.18. The second-order valence-corrected chi connectivity index (χ2v) is 23.1. The number of aliphatic hydroxyl groups is 2. The summed E-state index contributed by atoms with van der Waals surface area (Å²) in [6.07, 6.45) is -4.63. The Labute approximate surface area is 472 Å². The number of cyclic esters (lactones) is 2. The van der Waals surface area contributed by atoms with Crippen LogP contribution in [0.1, 0.15) is 140 Å². The molecule has 3 aliphatic rings. The van der Waals surface area contributed by atoms with Gasteiger partial charge in [0.1, 0.15) is 54.2 Å². The number of carbonyl (C=O) groups is 10. The van der Waals surface area contributed by atoms with Crippen LogP contribution in [0.25, 0.3) is 0 Å². The third-order valence-corrected chi connectivity index (χ3v) is 16.0. The van der Waals surface area contributed by atoms with Crippen molar-refractivity contribution in [3.8, 4) is 5.75 Å². The molecule has 7 amide bonds. The fraction of sp³-hybridized carbons (Fsp3) is 0.724. The van der Waals surface area contributed by atoms with Gasteiger partial charge in [-0.05, 0) is 101 Å². The molecule has 22 nitrogen and oxygen atoms in total. The fourth-order valence-corrected chi connectivity index (χ4v) is 10.7. The number of fused-ring (bicyclic) bond motifs is 1. The average molecular weight is 1130 g/mol. The number of nitrogens with one attached hydrogen (secondary N) is 3. The molecule has 1 aromatic carbocycles. The van der Waals surface area contributed by atoms with E-state index in [2.05, 4.69) is 16.0 Å². The number of ether oxygens (including phenoxy) is 3. The smallest absolute Gasteiger partial charge is 0.329 e. The van der Waals surface area contributed by atoms with E-state index in [1.165, 1.54) is 61.6 Å². The van der Waals surface area contributed by atoms with E-state index in [0.29, 0.717) is 37.0 Å². The fourth-order valence-electron chi connectivity index (χ4n) is 10.7. The first-order chi connectivity index (χ1) is 37.6. The largest absolute Gasteiger partial charge is 0.497 e. The Hall–Kier alpha value is -6.16. The zero-order valence-corrected chi connectivity index (χ0v) is 49.5. The van der Waals surface area contributed by atoms with E-state index in [1.807, 2.05) is 27.7 Å². The summed E-state index contributed by atoms with van der Waals surface area (Å²) in [6, 6.07) is -2.18. The lowest BCUT2D eigenvalue weighted by Gasteiger charge is -2.36. The number of esters is 2. The SMILES string of the molecule is CCC(C)[C@@H]1OC(=O)C[C@@H](O)[C@@H]([C@@H](C)CC)NC(=O)[C@@H](NC(=O)[C@@H](CC(C)C)N(C)C(=O)[C@@H]2CCCN2C(=O)[C@H](C)O)[C@H](C)OC(=O)[C@H](Cc2ccc(OC)cc2)N(C)C(=O)[C@@H]2CCCN2C(=O)[C@@H](CC(C)C)NC(=O)[C@@H](C)C1=O. The highest BCUT2D eigenvalue weighted by atomic mass is 16.6. The summed E-state index contributed by atoms with van der Waals surface area (Å²) in [6.45, 7) is 18.7. The molecule has 3 aliphatic heterocycles. The number of hydrogen-bond donors (Lipinski definition) is 5. The van der Waals surface area contributed by atoms with Gasteiger partial charge in [0.05, 0.1) is 31.6 Å². The Morgan fingerprint density at radius 1 is 0.838 bits per heavy atom. The molecule has 22 heteroatoms. The summed E-state index contributed by atoms with van der Waals surface area (Å²) >= 11 is 0. The van der Waals surface area contributed by atoms with Crippen LogP contribution in [0.15, 0.2) is 24.3 Å². The van der Waals surface area contributed by atoms with Crippen molar-refractivity contribution in [1.82, 2.24) is 35.6 Å². The lowest BCUT2D eigenvalue weighted by Crippen LogP contribution is -2.62. The molecule has 0 aliphatic carbocycles. The van der Waals surface area contributed by atoms with Crippen molar-refractivity contribution in [1.29, 1.82) is 0 Å². The predicted octanol–water partition coefficient (Wildman–Crippen LogP) is 2.71. The number of rotatable bonds is 16.